The SMILES string of the molecule is COc1cc(OC)cc(C(NN)c2cccc(C)c2Br)c1. The molecule has 3 N–H and O–H groups in total. The lowest BCUT2D eigenvalue weighted by Gasteiger charge is -2.20. The fraction of sp³-hybridized carbons (Fsp3) is 0.250. The topological polar surface area (TPSA) is 56.5 Å². The van der Waals surface area contributed by atoms with Gasteiger partial charge in [0.15, 0.2) is 0 Å². The van der Waals surface area contributed by atoms with Crippen LogP contribution in [0.4, 0.5) is 0 Å². The highest BCUT2D eigenvalue weighted by Crippen LogP contribution is 2.33. The van der Waals surface area contributed by atoms with Crippen LogP contribution in [0.5, 0.6) is 11.5 Å². The molecule has 1 unspecified atom stereocenters. The average Bonchev–Trinajstić information content (AvgIpc) is 2.51. The van der Waals surface area contributed by atoms with E-state index in [1.807, 2.05) is 43.3 Å². The first kappa shape index (κ1) is 15.8. The molecule has 112 valence electrons. The molecule has 0 fully saturated rings. The Morgan fingerprint density at radius 1 is 1.10 bits per heavy atom. The highest BCUT2D eigenvalue weighted by Gasteiger charge is 2.18. The molecule has 5 heteroatoms. The van der Waals surface area contributed by atoms with Crippen molar-refractivity contribution >= 4 is 15.9 Å². The molecule has 0 spiro atoms. The Morgan fingerprint density at radius 2 is 1.71 bits per heavy atom. The molecular formula is C16H19BrN2O2. The van der Waals surface area contributed by atoms with Gasteiger partial charge in [0.25, 0.3) is 0 Å². The quantitative estimate of drug-likeness (QED) is 0.641. The Labute approximate surface area is 133 Å². The van der Waals surface area contributed by atoms with Gasteiger partial charge < -0.3 is 9.47 Å². The molecule has 2 rings (SSSR count). The third kappa shape index (κ3) is 3.37. The Hall–Kier alpha value is -1.56. The lowest BCUT2D eigenvalue weighted by atomic mass is 9.97. The zero-order chi connectivity index (χ0) is 15.4. The molecule has 2 aromatic rings. The lowest BCUT2D eigenvalue weighted by Crippen LogP contribution is -2.29. The van der Waals surface area contributed by atoms with Gasteiger partial charge in [0.2, 0.25) is 0 Å². The number of hydrogen-bond acceptors (Lipinski definition) is 4. The first-order chi connectivity index (χ1) is 10.1. The fourth-order valence-corrected chi connectivity index (χ4v) is 2.75. The molecule has 0 aliphatic carbocycles. The predicted octanol–water partition coefficient (Wildman–Crippen LogP) is 3.33. The summed E-state index contributed by atoms with van der Waals surface area (Å²) in [7, 11) is 3.26. The van der Waals surface area contributed by atoms with Crippen molar-refractivity contribution in [2.24, 2.45) is 5.84 Å². The normalized spacial score (nSPS) is 12.0. The van der Waals surface area contributed by atoms with E-state index in [2.05, 4.69) is 21.4 Å². The second-order valence-corrected chi connectivity index (χ2v) is 5.52. The van der Waals surface area contributed by atoms with Crippen molar-refractivity contribution in [3.63, 3.8) is 0 Å². The van der Waals surface area contributed by atoms with E-state index in [4.69, 9.17) is 15.3 Å². The first-order valence-electron chi connectivity index (χ1n) is 6.54. The van der Waals surface area contributed by atoms with Gasteiger partial charge in [-0.2, -0.15) is 0 Å². The van der Waals surface area contributed by atoms with E-state index in [9.17, 15) is 0 Å². The molecule has 2 aromatic carbocycles. The van der Waals surface area contributed by atoms with E-state index in [0.717, 1.165) is 32.7 Å². The zero-order valence-electron chi connectivity index (χ0n) is 12.3. The minimum atomic E-state index is -0.164. The van der Waals surface area contributed by atoms with Gasteiger partial charge in [-0.15, -0.1) is 0 Å². The number of nitrogens with two attached hydrogens (primary N) is 1. The number of hydrogen-bond donors (Lipinski definition) is 2. The Bertz CT molecular complexity index is 609. The van der Waals surface area contributed by atoms with E-state index in [-0.39, 0.29) is 6.04 Å². The standard InChI is InChI=1S/C16H19BrN2O2/c1-10-5-4-6-14(15(10)17)16(19-18)11-7-12(20-2)9-13(8-11)21-3/h4-9,16,19H,18H2,1-3H3. The number of ether oxygens (including phenoxy) is 2. The average molecular weight is 351 g/mol. The van der Waals surface area contributed by atoms with Crippen molar-refractivity contribution in [1.82, 2.24) is 5.43 Å². The maximum atomic E-state index is 5.79. The number of halogens is 1. The number of rotatable bonds is 5. The summed E-state index contributed by atoms with van der Waals surface area (Å²) in [6, 6.07) is 11.7. The molecule has 0 aliphatic rings. The highest BCUT2D eigenvalue weighted by atomic mass is 79.9. The first-order valence-corrected chi connectivity index (χ1v) is 7.34. The molecule has 1 atom stereocenters. The fourth-order valence-electron chi connectivity index (χ4n) is 2.25. The van der Waals surface area contributed by atoms with Crippen molar-refractivity contribution in [2.45, 2.75) is 13.0 Å². The van der Waals surface area contributed by atoms with Crippen LogP contribution in [0.2, 0.25) is 0 Å². The van der Waals surface area contributed by atoms with Crippen LogP contribution >= 0.6 is 15.9 Å². The van der Waals surface area contributed by atoms with Gasteiger partial charge in [-0.05, 0) is 35.7 Å². The number of aryl methyl sites for hydroxylation is 1. The summed E-state index contributed by atoms with van der Waals surface area (Å²) >= 11 is 3.63. The van der Waals surface area contributed by atoms with E-state index in [1.54, 1.807) is 14.2 Å². The van der Waals surface area contributed by atoms with Crippen LogP contribution in [0.3, 0.4) is 0 Å². The molecule has 21 heavy (non-hydrogen) atoms. The molecule has 0 bridgehead atoms. The van der Waals surface area contributed by atoms with Crippen LogP contribution in [-0.2, 0) is 0 Å². The van der Waals surface area contributed by atoms with Gasteiger partial charge in [0.05, 0.1) is 20.3 Å². The van der Waals surface area contributed by atoms with Gasteiger partial charge >= 0.3 is 0 Å². The Balaban J connectivity index is 2.53. The molecule has 0 aliphatic heterocycles. The maximum absolute atomic E-state index is 5.79. The van der Waals surface area contributed by atoms with Crippen molar-refractivity contribution in [3.05, 3.63) is 57.6 Å². The van der Waals surface area contributed by atoms with Crippen molar-refractivity contribution in [1.29, 1.82) is 0 Å². The van der Waals surface area contributed by atoms with Crippen molar-refractivity contribution in [2.75, 3.05) is 14.2 Å². The summed E-state index contributed by atoms with van der Waals surface area (Å²) in [6.45, 7) is 2.05. The maximum Gasteiger partial charge on any atom is 0.122 e. The third-order valence-corrected chi connectivity index (χ3v) is 4.49. The summed E-state index contributed by atoms with van der Waals surface area (Å²) < 4.78 is 11.7. The zero-order valence-corrected chi connectivity index (χ0v) is 13.9. The van der Waals surface area contributed by atoms with Gasteiger partial charge in [-0.25, -0.2) is 5.43 Å². The third-order valence-electron chi connectivity index (χ3n) is 3.41. The van der Waals surface area contributed by atoms with Gasteiger partial charge in [-0.1, -0.05) is 34.1 Å². The van der Waals surface area contributed by atoms with Gasteiger partial charge in [0.1, 0.15) is 11.5 Å². The number of nitrogens with one attached hydrogen (secondary N) is 1. The van der Waals surface area contributed by atoms with E-state index >= 15 is 0 Å². The summed E-state index contributed by atoms with van der Waals surface area (Å²) in [5.74, 6) is 7.25. The largest absolute Gasteiger partial charge is 0.497 e. The van der Waals surface area contributed by atoms with Crippen LogP contribution in [0.15, 0.2) is 40.9 Å². The van der Waals surface area contributed by atoms with Crippen LogP contribution < -0.4 is 20.7 Å². The van der Waals surface area contributed by atoms with E-state index < -0.39 is 0 Å². The molecule has 0 radical (unpaired) electrons. The summed E-state index contributed by atoms with van der Waals surface area (Å²) in [5, 5.41) is 0. The molecule has 0 saturated heterocycles. The van der Waals surface area contributed by atoms with Gasteiger partial charge in [-0.3, -0.25) is 5.84 Å². The molecule has 0 amide bonds. The Morgan fingerprint density at radius 3 is 2.24 bits per heavy atom. The molecule has 4 nitrogen and oxygen atoms in total. The number of hydrazine groups is 1. The highest BCUT2D eigenvalue weighted by molar-refractivity contribution is 9.10. The monoisotopic (exact) mass is 350 g/mol. The molecule has 0 aromatic heterocycles. The van der Waals surface area contributed by atoms with E-state index in [0.29, 0.717) is 0 Å². The second kappa shape index (κ2) is 6.93. The summed E-state index contributed by atoms with van der Waals surface area (Å²) in [4.78, 5) is 0. The smallest absolute Gasteiger partial charge is 0.122 e. The molecule has 0 saturated carbocycles. The Kier molecular flexibility index (Phi) is 5.22. The van der Waals surface area contributed by atoms with Gasteiger partial charge in [0, 0.05) is 10.5 Å². The van der Waals surface area contributed by atoms with E-state index in [1.165, 1.54) is 0 Å². The van der Waals surface area contributed by atoms with Crippen LogP contribution in [0, 0.1) is 6.92 Å². The van der Waals surface area contributed by atoms with Crippen LogP contribution in [0.25, 0.3) is 0 Å². The minimum Gasteiger partial charge on any atom is -0.497 e. The lowest BCUT2D eigenvalue weighted by molar-refractivity contribution is 0.392. The minimum absolute atomic E-state index is 0.164. The van der Waals surface area contributed by atoms with Crippen LogP contribution in [-0.4, -0.2) is 14.2 Å². The van der Waals surface area contributed by atoms with Crippen molar-refractivity contribution < 1.29 is 9.47 Å². The summed E-state index contributed by atoms with van der Waals surface area (Å²) in [5.41, 5.74) is 6.05. The molecular weight excluding hydrogens is 332 g/mol. The van der Waals surface area contributed by atoms with Crippen LogP contribution in [0.1, 0.15) is 22.7 Å². The molecule has 0 heterocycles. The number of methoxy groups -OCH3 is 2. The number of benzene rings is 2. The predicted molar refractivity (Wildman–Crippen MR) is 87.6 cm³/mol. The summed E-state index contributed by atoms with van der Waals surface area (Å²) in [6.07, 6.45) is 0. The second-order valence-electron chi connectivity index (χ2n) is 4.72. The van der Waals surface area contributed by atoms with Crippen molar-refractivity contribution in [3.8, 4) is 11.5 Å².